The Balaban J connectivity index is 0.000000219. The molecule has 0 saturated heterocycles. The number of hydrogen-bond donors (Lipinski definition) is 3. The van der Waals surface area contributed by atoms with Gasteiger partial charge in [-0.25, -0.2) is 0 Å². The predicted octanol–water partition coefficient (Wildman–Crippen LogP) is 2.10. The third kappa shape index (κ3) is 4.97. The largest absolute Gasteiger partial charge is 0.495 e. The van der Waals surface area contributed by atoms with Gasteiger partial charge in [-0.15, -0.1) is 0 Å². The summed E-state index contributed by atoms with van der Waals surface area (Å²) in [5, 5.41) is 0. The fourth-order valence-electron chi connectivity index (χ4n) is 1.53. The zero-order valence-electron chi connectivity index (χ0n) is 11.8. The average molecular weight is 310 g/mol. The molecule has 2 aromatic carbocycles. The minimum Gasteiger partial charge on any atom is -0.495 e. The highest BCUT2D eigenvalue weighted by Crippen LogP contribution is 2.19. The highest BCUT2D eigenvalue weighted by atomic mass is 32.2. The molecular formula is C14H18N2O4S. The van der Waals surface area contributed by atoms with Crippen molar-refractivity contribution in [1.82, 2.24) is 0 Å². The fraction of sp³-hybridized carbons (Fsp3) is 0.143. The Hall–Kier alpha value is -2.25. The van der Waals surface area contributed by atoms with Crippen LogP contribution in [0, 0.1) is 6.92 Å². The molecular weight excluding hydrogens is 292 g/mol. The number of anilines is 2. The van der Waals surface area contributed by atoms with Crippen LogP contribution < -0.4 is 16.2 Å². The summed E-state index contributed by atoms with van der Waals surface area (Å²) in [6.45, 7) is 1.72. The zero-order chi connectivity index (χ0) is 16.0. The van der Waals surface area contributed by atoms with E-state index in [1.54, 1.807) is 26.2 Å². The summed E-state index contributed by atoms with van der Waals surface area (Å²) in [7, 11) is -2.58. The first-order valence-electron chi connectivity index (χ1n) is 5.98. The Labute approximate surface area is 124 Å². The standard InChI is InChI=1S/C7H9NO3S.C7H9NO/c1-5-2-3-6(8)7(4-5)12(9,10)11;1-9-7-5-3-2-4-6(7)8/h2-4H,8H2,1H3,(H,9,10,11);2-5H,8H2,1H3. The van der Waals surface area contributed by atoms with Crippen molar-refractivity contribution in [2.24, 2.45) is 0 Å². The van der Waals surface area contributed by atoms with E-state index in [2.05, 4.69) is 0 Å². The van der Waals surface area contributed by atoms with E-state index >= 15 is 0 Å². The summed E-state index contributed by atoms with van der Waals surface area (Å²) < 4.78 is 35.0. The first-order chi connectivity index (χ1) is 9.75. The number of nitrogen functional groups attached to an aromatic ring is 2. The van der Waals surface area contributed by atoms with Crippen molar-refractivity contribution in [2.45, 2.75) is 11.8 Å². The molecule has 0 radical (unpaired) electrons. The minimum absolute atomic E-state index is 0.0584. The zero-order valence-corrected chi connectivity index (χ0v) is 12.6. The second-order valence-corrected chi connectivity index (χ2v) is 5.65. The first kappa shape index (κ1) is 16.8. The summed E-state index contributed by atoms with van der Waals surface area (Å²) in [4.78, 5) is -0.234. The van der Waals surface area contributed by atoms with Crippen LogP contribution in [0.4, 0.5) is 11.4 Å². The molecule has 0 aliphatic carbocycles. The van der Waals surface area contributed by atoms with Crippen LogP contribution in [0.2, 0.25) is 0 Å². The lowest BCUT2D eigenvalue weighted by Crippen LogP contribution is -2.03. The Morgan fingerprint density at radius 2 is 1.67 bits per heavy atom. The molecule has 21 heavy (non-hydrogen) atoms. The SMILES string of the molecule is COc1ccccc1N.Cc1ccc(N)c(S(=O)(=O)O)c1. The molecule has 0 amide bonds. The molecule has 0 aliphatic rings. The van der Waals surface area contributed by atoms with Gasteiger partial charge >= 0.3 is 0 Å². The Bertz CT molecular complexity index is 715. The van der Waals surface area contributed by atoms with Crippen molar-refractivity contribution >= 4 is 21.5 Å². The molecule has 0 unspecified atom stereocenters. The molecule has 2 rings (SSSR count). The van der Waals surface area contributed by atoms with Crippen LogP contribution in [-0.2, 0) is 10.1 Å². The van der Waals surface area contributed by atoms with E-state index in [9.17, 15) is 8.42 Å². The van der Waals surface area contributed by atoms with Gasteiger partial charge in [0.1, 0.15) is 10.6 Å². The molecule has 114 valence electrons. The topological polar surface area (TPSA) is 116 Å². The third-order valence-electron chi connectivity index (χ3n) is 2.59. The van der Waals surface area contributed by atoms with Crippen LogP contribution >= 0.6 is 0 Å². The third-order valence-corrected chi connectivity index (χ3v) is 3.50. The van der Waals surface area contributed by atoms with Gasteiger partial charge in [0.05, 0.1) is 18.5 Å². The number of para-hydroxylation sites is 2. The molecule has 0 spiro atoms. The molecule has 5 N–H and O–H groups in total. The Morgan fingerprint density at radius 1 is 1.05 bits per heavy atom. The number of rotatable bonds is 2. The Kier molecular flexibility index (Phi) is 5.57. The minimum atomic E-state index is -4.18. The van der Waals surface area contributed by atoms with Crippen molar-refractivity contribution in [2.75, 3.05) is 18.6 Å². The lowest BCUT2D eigenvalue weighted by atomic mass is 10.2. The van der Waals surface area contributed by atoms with Crippen LogP contribution in [0.15, 0.2) is 47.4 Å². The van der Waals surface area contributed by atoms with E-state index in [0.717, 1.165) is 11.3 Å². The van der Waals surface area contributed by atoms with E-state index in [4.69, 9.17) is 20.8 Å². The van der Waals surface area contributed by atoms with Crippen molar-refractivity contribution in [3.05, 3.63) is 48.0 Å². The molecule has 0 aliphatic heterocycles. The number of nitrogens with two attached hydrogens (primary N) is 2. The fourth-order valence-corrected chi connectivity index (χ4v) is 2.23. The second kappa shape index (κ2) is 6.96. The van der Waals surface area contributed by atoms with E-state index < -0.39 is 10.1 Å². The second-order valence-electron chi connectivity index (χ2n) is 4.26. The van der Waals surface area contributed by atoms with Crippen LogP contribution in [0.5, 0.6) is 5.75 Å². The van der Waals surface area contributed by atoms with Gasteiger partial charge in [-0.2, -0.15) is 8.42 Å². The van der Waals surface area contributed by atoms with Crippen LogP contribution in [0.1, 0.15) is 5.56 Å². The molecule has 0 aromatic heterocycles. The summed E-state index contributed by atoms with van der Waals surface area (Å²) in [5.41, 5.74) is 12.3. The number of ether oxygens (including phenoxy) is 1. The lowest BCUT2D eigenvalue weighted by Gasteiger charge is -2.02. The molecule has 0 atom stereocenters. The van der Waals surface area contributed by atoms with Gasteiger partial charge in [-0.3, -0.25) is 4.55 Å². The van der Waals surface area contributed by atoms with Gasteiger partial charge in [0, 0.05) is 0 Å². The maximum Gasteiger partial charge on any atom is 0.296 e. The smallest absolute Gasteiger partial charge is 0.296 e. The molecule has 0 fully saturated rings. The maximum atomic E-state index is 10.7. The van der Waals surface area contributed by atoms with E-state index in [1.807, 2.05) is 18.2 Å². The van der Waals surface area contributed by atoms with Crippen LogP contribution in [0.3, 0.4) is 0 Å². The predicted molar refractivity (Wildman–Crippen MR) is 82.8 cm³/mol. The van der Waals surface area contributed by atoms with Gasteiger partial charge in [0.15, 0.2) is 0 Å². The van der Waals surface area contributed by atoms with Crippen LogP contribution in [0.25, 0.3) is 0 Å². The van der Waals surface area contributed by atoms with E-state index in [-0.39, 0.29) is 10.6 Å². The van der Waals surface area contributed by atoms with Crippen molar-refractivity contribution < 1.29 is 17.7 Å². The van der Waals surface area contributed by atoms with Crippen molar-refractivity contribution in [3.63, 3.8) is 0 Å². The van der Waals surface area contributed by atoms with Gasteiger partial charge in [-0.05, 0) is 36.8 Å². The Morgan fingerprint density at radius 3 is 2.10 bits per heavy atom. The quantitative estimate of drug-likeness (QED) is 0.578. The highest BCUT2D eigenvalue weighted by Gasteiger charge is 2.12. The van der Waals surface area contributed by atoms with E-state index in [1.165, 1.54) is 12.1 Å². The highest BCUT2D eigenvalue weighted by molar-refractivity contribution is 7.86. The van der Waals surface area contributed by atoms with Gasteiger partial charge in [-0.1, -0.05) is 18.2 Å². The normalized spacial score (nSPS) is 10.4. The molecule has 2 aromatic rings. The maximum absolute atomic E-state index is 10.7. The van der Waals surface area contributed by atoms with Crippen molar-refractivity contribution in [1.29, 1.82) is 0 Å². The molecule has 7 heteroatoms. The number of methoxy groups -OCH3 is 1. The summed E-state index contributed by atoms with van der Waals surface area (Å²) in [6.07, 6.45) is 0. The monoisotopic (exact) mass is 310 g/mol. The summed E-state index contributed by atoms with van der Waals surface area (Å²) >= 11 is 0. The average Bonchev–Trinajstić information content (AvgIpc) is 2.42. The van der Waals surface area contributed by atoms with E-state index in [0.29, 0.717) is 5.69 Å². The summed E-state index contributed by atoms with van der Waals surface area (Å²) in [6, 6.07) is 11.8. The number of hydrogen-bond acceptors (Lipinski definition) is 5. The molecule has 0 heterocycles. The molecule has 0 saturated carbocycles. The van der Waals surface area contributed by atoms with Gasteiger partial charge in [0.25, 0.3) is 10.1 Å². The lowest BCUT2D eigenvalue weighted by molar-refractivity contribution is 0.417. The molecule has 0 bridgehead atoms. The summed E-state index contributed by atoms with van der Waals surface area (Å²) in [5.74, 6) is 0.734. The number of aryl methyl sites for hydroxylation is 1. The molecule has 6 nitrogen and oxygen atoms in total. The van der Waals surface area contributed by atoms with Crippen molar-refractivity contribution in [3.8, 4) is 5.75 Å². The van der Waals surface area contributed by atoms with Crippen LogP contribution in [-0.4, -0.2) is 20.1 Å². The number of benzene rings is 2. The first-order valence-corrected chi connectivity index (χ1v) is 7.42. The van der Waals surface area contributed by atoms with Gasteiger partial charge < -0.3 is 16.2 Å². The van der Waals surface area contributed by atoms with Gasteiger partial charge in [0.2, 0.25) is 0 Å².